The smallest absolute Gasteiger partial charge is 0.269 e. The van der Waals surface area contributed by atoms with Gasteiger partial charge in [-0.3, -0.25) is 10.1 Å². The second-order valence-corrected chi connectivity index (χ2v) is 4.24. The number of non-ortho nitro benzene ring substituents is 1. The van der Waals surface area contributed by atoms with Crippen LogP contribution in [0.15, 0.2) is 59.8 Å². The van der Waals surface area contributed by atoms with Gasteiger partial charge in [0.05, 0.1) is 10.6 Å². The minimum atomic E-state index is -0.428. The van der Waals surface area contributed by atoms with Gasteiger partial charge in [-0.25, -0.2) is 0 Å². The van der Waals surface area contributed by atoms with Crippen LogP contribution >= 0.6 is 0 Å². The van der Waals surface area contributed by atoms with Gasteiger partial charge < -0.3 is 4.84 Å². The highest BCUT2D eigenvalue weighted by Crippen LogP contribution is 2.12. The predicted molar refractivity (Wildman–Crippen MR) is 76.5 cm³/mol. The molecule has 2 aromatic carbocycles. The summed E-state index contributed by atoms with van der Waals surface area (Å²) in [4.78, 5) is 15.4. The Balaban J connectivity index is 1.94. The predicted octanol–water partition coefficient (Wildman–Crippen LogP) is 3.54. The molecule has 0 fully saturated rings. The summed E-state index contributed by atoms with van der Waals surface area (Å²) in [5.41, 5.74) is 2.68. The molecule has 0 saturated heterocycles. The zero-order chi connectivity index (χ0) is 14.4. The van der Waals surface area contributed by atoms with Gasteiger partial charge in [0.15, 0.2) is 0 Å². The standard InChI is InChI=1S/C15H14N2O3/c1-12(14-5-3-2-4-6-14)16-20-11-13-7-9-15(10-8-13)17(18)19/h2-10H,11H2,1H3/b16-12-. The van der Waals surface area contributed by atoms with Crippen molar-refractivity contribution in [3.8, 4) is 0 Å². The number of nitro benzene ring substituents is 1. The van der Waals surface area contributed by atoms with E-state index in [4.69, 9.17) is 4.84 Å². The summed E-state index contributed by atoms with van der Waals surface area (Å²) in [6, 6.07) is 15.9. The molecule has 2 rings (SSSR count). The number of oxime groups is 1. The maximum absolute atomic E-state index is 10.5. The van der Waals surface area contributed by atoms with Crippen molar-refractivity contribution >= 4 is 11.4 Å². The number of rotatable bonds is 5. The van der Waals surface area contributed by atoms with Crippen LogP contribution in [0, 0.1) is 10.1 Å². The Kier molecular flexibility index (Phi) is 4.44. The van der Waals surface area contributed by atoms with E-state index in [9.17, 15) is 10.1 Å². The molecule has 5 heteroatoms. The molecule has 0 atom stereocenters. The molecule has 102 valence electrons. The minimum Gasteiger partial charge on any atom is -0.391 e. The van der Waals surface area contributed by atoms with Crippen LogP contribution in [0.3, 0.4) is 0 Å². The summed E-state index contributed by atoms with van der Waals surface area (Å²) in [6.07, 6.45) is 0. The van der Waals surface area contributed by atoms with Gasteiger partial charge in [-0.1, -0.05) is 35.5 Å². The Labute approximate surface area is 116 Å². The van der Waals surface area contributed by atoms with Crippen molar-refractivity contribution in [1.82, 2.24) is 0 Å². The fourth-order valence-corrected chi connectivity index (χ4v) is 1.65. The Bertz CT molecular complexity index is 607. The van der Waals surface area contributed by atoms with Crippen molar-refractivity contribution in [2.75, 3.05) is 0 Å². The molecule has 0 spiro atoms. The van der Waals surface area contributed by atoms with E-state index >= 15 is 0 Å². The largest absolute Gasteiger partial charge is 0.391 e. The molecule has 20 heavy (non-hydrogen) atoms. The van der Waals surface area contributed by atoms with Gasteiger partial charge >= 0.3 is 0 Å². The molecule has 2 aromatic rings. The lowest BCUT2D eigenvalue weighted by atomic mass is 10.1. The molecule has 0 aromatic heterocycles. The maximum Gasteiger partial charge on any atom is 0.269 e. The van der Waals surface area contributed by atoms with Crippen LogP contribution in [0.1, 0.15) is 18.1 Å². The number of hydrogen-bond acceptors (Lipinski definition) is 4. The molecular formula is C15H14N2O3. The lowest BCUT2D eigenvalue weighted by Crippen LogP contribution is -1.96. The first kappa shape index (κ1) is 13.7. The van der Waals surface area contributed by atoms with Crippen molar-refractivity contribution in [2.45, 2.75) is 13.5 Å². The topological polar surface area (TPSA) is 64.7 Å². The van der Waals surface area contributed by atoms with Crippen molar-refractivity contribution in [3.63, 3.8) is 0 Å². The molecule has 0 aliphatic carbocycles. The second-order valence-electron chi connectivity index (χ2n) is 4.24. The van der Waals surface area contributed by atoms with Gasteiger partial charge in [-0.2, -0.15) is 0 Å². The Morgan fingerprint density at radius 3 is 2.40 bits per heavy atom. The highest BCUT2D eigenvalue weighted by atomic mass is 16.6. The monoisotopic (exact) mass is 270 g/mol. The molecule has 5 nitrogen and oxygen atoms in total. The third-order valence-corrected chi connectivity index (χ3v) is 2.77. The first-order valence-corrected chi connectivity index (χ1v) is 6.12. The first-order chi connectivity index (χ1) is 9.66. The number of nitro groups is 1. The highest BCUT2D eigenvalue weighted by Gasteiger charge is 2.04. The van der Waals surface area contributed by atoms with E-state index in [1.807, 2.05) is 37.3 Å². The molecule has 0 saturated carbocycles. The van der Waals surface area contributed by atoms with Crippen LogP contribution in [0.25, 0.3) is 0 Å². The highest BCUT2D eigenvalue weighted by molar-refractivity contribution is 5.98. The van der Waals surface area contributed by atoms with E-state index in [2.05, 4.69) is 5.16 Å². The van der Waals surface area contributed by atoms with E-state index < -0.39 is 4.92 Å². The molecular weight excluding hydrogens is 256 g/mol. The second kappa shape index (κ2) is 6.47. The van der Waals surface area contributed by atoms with Crippen LogP contribution in [-0.4, -0.2) is 10.6 Å². The molecule has 0 aliphatic heterocycles. The maximum atomic E-state index is 10.5. The molecule has 0 heterocycles. The number of hydrogen-bond donors (Lipinski definition) is 0. The Hall–Kier alpha value is -2.69. The zero-order valence-electron chi connectivity index (χ0n) is 11.0. The summed E-state index contributed by atoms with van der Waals surface area (Å²) < 4.78 is 0. The quantitative estimate of drug-likeness (QED) is 0.474. The number of benzene rings is 2. The van der Waals surface area contributed by atoms with Gasteiger partial charge in [-0.05, 0) is 30.2 Å². The van der Waals surface area contributed by atoms with Gasteiger partial charge in [0.1, 0.15) is 6.61 Å². The van der Waals surface area contributed by atoms with Crippen molar-refractivity contribution < 1.29 is 9.76 Å². The van der Waals surface area contributed by atoms with Gasteiger partial charge in [-0.15, -0.1) is 0 Å². The number of nitrogens with zero attached hydrogens (tertiary/aromatic N) is 2. The third kappa shape index (κ3) is 3.65. The molecule has 0 bridgehead atoms. The Morgan fingerprint density at radius 2 is 1.80 bits per heavy atom. The summed E-state index contributed by atoms with van der Waals surface area (Å²) in [5.74, 6) is 0. The van der Waals surface area contributed by atoms with Crippen molar-refractivity contribution in [1.29, 1.82) is 0 Å². The van der Waals surface area contributed by atoms with Crippen LogP contribution in [0.2, 0.25) is 0 Å². The summed E-state index contributed by atoms with van der Waals surface area (Å²) in [6.45, 7) is 2.15. The SMILES string of the molecule is C/C(=N/OCc1ccc([N+](=O)[O-])cc1)c1ccccc1. The fraction of sp³-hybridized carbons (Fsp3) is 0.133. The molecule has 0 amide bonds. The van der Waals surface area contributed by atoms with Gasteiger partial charge in [0.25, 0.3) is 5.69 Å². The normalized spacial score (nSPS) is 11.2. The van der Waals surface area contributed by atoms with Crippen molar-refractivity contribution in [2.24, 2.45) is 5.16 Å². The zero-order valence-corrected chi connectivity index (χ0v) is 11.0. The van der Waals surface area contributed by atoms with Gasteiger partial charge in [0.2, 0.25) is 0 Å². The van der Waals surface area contributed by atoms with E-state index in [0.717, 1.165) is 16.8 Å². The van der Waals surface area contributed by atoms with E-state index in [1.54, 1.807) is 12.1 Å². The molecule has 0 N–H and O–H groups in total. The van der Waals surface area contributed by atoms with E-state index in [-0.39, 0.29) is 12.3 Å². The summed E-state index contributed by atoms with van der Waals surface area (Å²) >= 11 is 0. The molecule has 0 unspecified atom stereocenters. The van der Waals surface area contributed by atoms with Crippen LogP contribution in [0.4, 0.5) is 5.69 Å². The van der Waals surface area contributed by atoms with Gasteiger partial charge in [0, 0.05) is 12.1 Å². The van der Waals surface area contributed by atoms with Crippen molar-refractivity contribution in [3.05, 3.63) is 75.8 Å². The molecule has 0 radical (unpaired) electrons. The van der Waals surface area contributed by atoms with Crippen LogP contribution < -0.4 is 0 Å². The van der Waals surface area contributed by atoms with Crippen LogP contribution in [0.5, 0.6) is 0 Å². The third-order valence-electron chi connectivity index (χ3n) is 2.77. The van der Waals surface area contributed by atoms with Crippen LogP contribution in [-0.2, 0) is 11.4 Å². The fourth-order valence-electron chi connectivity index (χ4n) is 1.65. The lowest BCUT2D eigenvalue weighted by Gasteiger charge is -2.02. The van der Waals surface area contributed by atoms with E-state index in [1.165, 1.54) is 12.1 Å². The first-order valence-electron chi connectivity index (χ1n) is 6.12. The summed E-state index contributed by atoms with van der Waals surface area (Å²) in [5, 5.41) is 14.6. The molecule has 0 aliphatic rings. The lowest BCUT2D eigenvalue weighted by molar-refractivity contribution is -0.384. The average molecular weight is 270 g/mol. The summed E-state index contributed by atoms with van der Waals surface area (Å²) in [7, 11) is 0. The minimum absolute atomic E-state index is 0.0673. The van der Waals surface area contributed by atoms with E-state index in [0.29, 0.717) is 0 Å². The Morgan fingerprint density at radius 1 is 1.15 bits per heavy atom. The average Bonchev–Trinajstić information content (AvgIpc) is 2.48.